The number of aromatic nitrogens is 1. The van der Waals surface area contributed by atoms with E-state index in [1.807, 2.05) is 36.4 Å². The first-order chi connectivity index (χ1) is 11.9. The van der Waals surface area contributed by atoms with Gasteiger partial charge in [-0.05, 0) is 0 Å². The average molecular weight is 320 g/mol. The molecule has 1 fully saturated rings. The molecule has 0 bridgehead atoms. The molecule has 0 unspecified atom stereocenters. The number of hydrogen-bond donors (Lipinski definition) is 0. The Bertz CT molecular complexity index is 721. The van der Waals surface area contributed by atoms with Crippen LogP contribution >= 0.6 is 0 Å². The Labute approximate surface area is 141 Å². The fourth-order valence-electron chi connectivity index (χ4n) is 2.96. The van der Waals surface area contributed by atoms with Gasteiger partial charge in [-0.15, -0.1) is 0 Å². The summed E-state index contributed by atoms with van der Waals surface area (Å²) in [4.78, 5) is 7.12. The van der Waals surface area contributed by atoms with Crippen molar-refractivity contribution in [2.75, 3.05) is 26.3 Å². The SMILES string of the molecule is c1ccc(-c2nc(CN3CCOCC3)oc2-c2ccccc2)cc1. The second-order valence-corrected chi connectivity index (χ2v) is 5.91. The molecular formula is C20H20N2O2. The van der Waals surface area contributed by atoms with E-state index in [0.717, 1.165) is 61.3 Å². The first-order valence-electron chi connectivity index (χ1n) is 8.31. The van der Waals surface area contributed by atoms with Gasteiger partial charge in [-0.3, -0.25) is 4.90 Å². The molecule has 1 aliphatic rings. The van der Waals surface area contributed by atoms with Gasteiger partial charge in [0.1, 0.15) is 5.69 Å². The third-order valence-corrected chi connectivity index (χ3v) is 4.22. The predicted octanol–water partition coefficient (Wildman–Crippen LogP) is 3.84. The highest BCUT2D eigenvalue weighted by Gasteiger charge is 2.19. The van der Waals surface area contributed by atoms with Crippen LogP contribution in [0, 0.1) is 0 Å². The molecule has 0 spiro atoms. The lowest BCUT2D eigenvalue weighted by Crippen LogP contribution is -2.35. The minimum atomic E-state index is 0.718. The Morgan fingerprint density at radius 1 is 0.833 bits per heavy atom. The Balaban J connectivity index is 1.70. The molecule has 0 radical (unpaired) electrons. The summed E-state index contributed by atoms with van der Waals surface area (Å²) >= 11 is 0. The van der Waals surface area contributed by atoms with Gasteiger partial charge in [-0.1, -0.05) is 60.7 Å². The highest BCUT2D eigenvalue weighted by atomic mass is 16.5. The van der Waals surface area contributed by atoms with Gasteiger partial charge >= 0.3 is 0 Å². The van der Waals surface area contributed by atoms with Crippen molar-refractivity contribution in [1.82, 2.24) is 9.88 Å². The Hall–Kier alpha value is -2.43. The standard InChI is InChI=1S/C20H20N2O2/c1-3-7-16(8-4-1)19-20(17-9-5-2-6-10-17)24-18(21-19)15-22-11-13-23-14-12-22/h1-10H,11-15H2. The van der Waals surface area contributed by atoms with Crippen LogP contribution in [-0.2, 0) is 11.3 Å². The first kappa shape index (κ1) is 15.1. The van der Waals surface area contributed by atoms with Crippen LogP contribution in [0.4, 0.5) is 0 Å². The fourth-order valence-corrected chi connectivity index (χ4v) is 2.96. The second-order valence-electron chi connectivity index (χ2n) is 5.91. The molecule has 1 aromatic heterocycles. The van der Waals surface area contributed by atoms with Crippen LogP contribution in [0.3, 0.4) is 0 Å². The molecule has 0 amide bonds. The Morgan fingerprint density at radius 3 is 2.12 bits per heavy atom. The summed E-state index contributed by atoms with van der Waals surface area (Å²) in [6.45, 7) is 4.11. The summed E-state index contributed by atoms with van der Waals surface area (Å²) in [5.41, 5.74) is 3.04. The fraction of sp³-hybridized carbons (Fsp3) is 0.250. The molecule has 1 aliphatic heterocycles. The average Bonchev–Trinajstić information content (AvgIpc) is 3.08. The number of nitrogens with zero attached hydrogens (tertiary/aromatic N) is 2. The van der Waals surface area contributed by atoms with Crippen LogP contribution in [0.2, 0.25) is 0 Å². The summed E-state index contributed by atoms with van der Waals surface area (Å²) < 4.78 is 11.6. The first-order valence-corrected chi connectivity index (χ1v) is 8.31. The van der Waals surface area contributed by atoms with E-state index >= 15 is 0 Å². The molecule has 4 rings (SSSR count). The van der Waals surface area contributed by atoms with Gasteiger partial charge in [-0.25, -0.2) is 4.98 Å². The number of morpholine rings is 1. The summed E-state index contributed by atoms with van der Waals surface area (Å²) in [5, 5.41) is 0. The lowest BCUT2D eigenvalue weighted by Gasteiger charge is -2.24. The van der Waals surface area contributed by atoms with Crippen molar-refractivity contribution in [1.29, 1.82) is 0 Å². The maximum atomic E-state index is 6.16. The minimum absolute atomic E-state index is 0.718. The number of ether oxygens (including phenoxy) is 1. The topological polar surface area (TPSA) is 38.5 Å². The zero-order valence-corrected chi connectivity index (χ0v) is 13.5. The van der Waals surface area contributed by atoms with Crippen molar-refractivity contribution >= 4 is 0 Å². The lowest BCUT2D eigenvalue weighted by molar-refractivity contribution is 0.0307. The van der Waals surface area contributed by atoms with Crippen LogP contribution in [0.5, 0.6) is 0 Å². The third-order valence-electron chi connectivity index (χ3n) is 4.22. The van der Waals surface area contributed by atoms with Gasteiger partial charge in [0.05, 0.1) is 19.8 Å². The molecule has 4 nitrogen and oxygen atoms in total. The van der Waals surface area contributed by atoms with Gasteiger partial charge in [0.25, 0.3) is 0 Å². The van der Waals surface area contributed by atoms with Crippen LogP contribution < -0.4 is 0 Å². The van der Waals surface area contributed by atoms with Crippen molar-refractivity contribution < 1.29 is 9.15 Å². The zero-order valence-electron chi connectivity index (χ0n) is 13.5. The summed E-state index contributed by atoms with van der Waals surface area (Å²) in [6.07, 6.45) is 0. The molecular weight excluding hydrogens is 300 g/mol. The van der Waals surface area contributed by atoms with E-state index in [0.29, 0.717) is 0 Å². The van der Waals surface area contributed by atoms with Gasteiger partial charge in [0.15, 0.2) is 5.76 Å². The lowest BCUT2D eigenvalue weighted by atomic mass is 10.1. The van der Waals surface area contributed by atoms with Gasteiger partial charge < -0.3 is 9.15 Å². The number of hydrogen-bond acceptors (Lipinski definition) is 4. The van der Waals surface area contributed by atoms with E-state index in [2.05, 4.69) is 29.2 Å². The van der Waals surface area contributed by atoms with Crippen LogP contribution in [-0.4, -0.2) is 36.2 Å². The minimum Gasteiger partial charge on any atom is -0.439 e. The molecule has 4 heteroatoms. The highest BCUT2D eigenvalue weighted by Crippen LogP contribution is 2.32. The van der Waals surface area contributed by atoms with E-state index in [1.54, 1.807) is 0 Å². The van der Waals surface area contributed by atoms with Crippen molar-refractivity contribution in [2.24, 2.45) is 0 Å². The molecule has 122 valence electrons. The van der Waals surface area contributed by atoms with E-state index in [9.17, 15) is 0 Å². The molecule has 3 aromatic rings. The van der Waals surface area contributed by atoms with E-state index in [1.165, 1.54) is 0 Å². The highest BCUT2D eigenvalue weighted by molar-refractivity contribution is 5.76. The van der Waals surface area contributed by atoms with Crippen molar-refractivity contribution in [3.8, 4) is 22.6 Å². The normalized spacial score (nSPS) is 15.5. The van der Waals surface area contributed by atoms with Gasteiger partial charge in [0, 0.05) is 24.2 Å². The van der Waals surface area contributed by atoms with Crippen molar-refractivity contribution in [2.45, 2.75) is 6.54 Å². The summed E-state index contributed by atoms with van der Waals surface area (Å²) in [6, 6.07) is 20.4. The largest absolute Gasteiger partial charge is 0.439 e. The van der Waals surface area contributed by atoms with Crippen LogP contribution in [0.25, 0.3) is 22.6 Å². The molecule has 1 saturated heterocycles. The van der Waals surface area contributed by atoms with Crippen molar-refractivity contribution in [3.63, 3.8) is 0 Å². The van der Waals surface area contributed by atoms with E-state index in [4.69, 9.17) is 14.1 Å². The predicted molar refractivity (Wildman–Crippen MR) is 93.5 cm³/mol. The quantitative estimate of drug-likeness (QED) is 0.732. The number of oxazole rings is 1. The monoisotopic (exact) mass is 320 g/mol. The molecule has 2 heterocycles. The smallest absolute Gasteiger partial charge is 0.209 e. The second kappa shape index (κ2) is 6.99. The van der Waals surface area contributed by atoms with E-state index < -0.39 is 0 Å². The maximum Gasteiger partial charge on any atom is 0.209 e. The van der Waals surface area contributed by atoms with Crippen LogP contribution in [0.15, 0.2) is 65.1 Å². The van der Waals surface area contributed by atoms with Crippen LogP contribution in [0.1, 0.15) is 5.89 Å². The molecule has 0 saturated carbocycles. The third kappa shape index (κ3) is 3.25. The Morgan fingerprint density at radius 2 is 1.46 bits per heavy atom. The number of benzene rings is 2. The summed E-state index contributed by atoms with van der Waals surface area (Å²) in [7, 11) is 0. The molecule has 2 aromatic carbocycles. The number of rotatable bonds is 4. The zero-order chi connectivity index (χ0) is 16.2. The summed E-state index contributed by atoms with van der Waals surface area (Å²) in [5.74, 6) is 1.60. The molecule has 0 N–H and O–H groups in total. The molecule has 0 aliphatic carbocycles. The molecule has 0 atom stereocenters. The Kier molecular flexibility index (Phi) is 4.40. The van der Waals surface area contributed by atoms with Crippen molar-refractivity contribution in [3.05, 3.63) is 66.6 Å². The van der Waals surface area contributed by atoms with E-state index in [-0.39, 0.29) is 0 Å². The van der Waals surface area contributed by atoms with Gasteiger partial charge in [0.2, 0.25) is 5.89 Å². The van der Waals surface area contributed by atoms with Gasteiger partial charge in [-0.2, -0.15) is 0 Å². The molecule has 24 heavy (non-hydrogen) atoms. The maximum absolute atomic E-state index is 6.16.